The molecule has 154 valence electrons. The predicted octanol–water partition coefficient (Wildman–Crippen LogP) is 2.67. The van der Waals surface area contributed by atoms with E-state index >= 15 is 0 Å². The molecule has 0 saturated carbocycles. The van der Waals surface area contributed by atoms with Crippen LogP contribution in [0.1, 0.15) is 19.3 Å². The van der Waals surface area contributed by atoms with Crippen LogP contribution in [0.25, 0.3) is 10.9 Å². The average molecular weight is 402 g/mol. The Kier molecular flexibility index (Phi) is 5.60. The number of alkyl halides is 2. The van der Waals surface area contributed by atoms with E-state index < -0.39 is 18.5 Å². The summed E-state index contributed by atoms with van der Waals surface area (Å²) in [4.78, 5) is 33.3. The number of aromatic nitrogens is 2. The number of anilines is 1. The van der Waals surface area contributed by atoms with Crippen molar-refractivity contribution in [3.05, 3.63) is 47.0 Å². The van der Waals surface area contributed by atoms with Gasteiger partial charge < -0.3 is 9.80 Å². The fourth-order valence-corrected chi connectivity index (χ4v) is 4.08. The summed E-state index contributed by atoms with van der Waals surface area (Å²) in [5, 5.41) is 0.330. The first-order valence-electron chi connectivity index (χ1n) is 9.99. The lowest BCUT2D eigenvalue weighted by Gasteiger charge is -2.37. The van der Waals surface area contributed by atoms with Crippen molar-refractivity contribution in [3.8, 4) is 0 Å². The molecule has 29 heavy (non-hydrogen) atoms. The SMILES string of the molecule is O=C(C1CC=CCC1)N1CCN(c2ccc3c(=O)n(CC(F)F)cnc3c2)CC1. The van der Waals surface area contributed by atoms with Crippen LogP contribution in [0.4, 0.5) is 14.5 Å². The maximum Gasteiger partial charge on any atom is 0.261 e. The van der Waals surface area contributed by atoms with Crippen LogP contribution in [-0.4, -0.2) is 53.0 Å². The number of amides is 1. The lowest BCUT2D eigenvalue weighted by molar-refractivity contribution is -0.136. The van der Waals surface area contributed by atoms with E-state index in [-0.39, 0.29) is 11.8 Å². The van der Waals surface area contributed by atoms with Crippen molar-refractivity contribution in [2.75, 3.05) is 31.1 Å². The Labute approximate surface area is 167 Å². The Morgan fingerprint density at radius 3 is 2.66 bits per heavy atom. The smallest absolute Gasteiger partial charge is 0.261 e. The lowest BCUT2D eigenvalue weighted by Crippen LogP contribution is -2.50. The molecular weight excluding hydrogens is 378 g/mol. The zero-order valence-corrected chi connectivity index (χ0v) is 16.1. The number of carbonyl (C=O) groups is 1. The molecule has 0 bridgehead atoms. The molecule has 4 rings (SSSR count). The quantitative estimate of drug-likeness (QED) is 0.738. The highest BCUT2D eigenvalue weighted by molar-refractivity contribution is 5.82. The van der Waals surface area contributed by atoms with Gasteiger partial charge in [-0.05, 0) is 37.5 Å². The number of hydrogen-bond donors (Lipinski definition) is 0. The maximum atomic E-state index is 12.7. The van der Waals surface area contributed by atoms with Crippen LogP contribution in [0.3, 0.4) is 0 Å². The van der Waals surface area contributed by atoms with Gasteiger partial charge in [-0.3, -0.25) is 14.2 Å². The standard InChI is InChI=1S/C21H24F2N4O2/c22-19(23)13-27-14-24-18-12-16(6-7-17(18)21(27)29)25-8-10-26(11-9-25)20(28)15-4-2-1-3-5-15/h1-2,6-7,12,14-15,19H,3-5,8-11,13H2. The van der Waals surface area contributed by atoms with E-state index in [0.717, 1.165) is 29.5 Å². The first kappa shape index (κ1) is 19.5. The summed E-state index contributed by atoms with van der Waals surface area (Å²) in [6, 6.07) is 5.28. The minimum absolute atomic E-state index is 0.104. The largest absolute Gasteiger partial charge is 0.368 e. The van der Waals surface area contributed by atoms with E-state index in [9.17, 15) is 18.4 Å². The molecule has 0 radical (unpaired) electrons. The minimum atomic E-state index is -2.60. The molecule has 1 amide bonds. The van der Waals surface area contributed by atoms with Crippen molar-refractivity contribution in [3.63, 3.8) is 0 Å². The first-order valence-corrected chi connectivity index (χ1v) is 9.99. The normalized spacial score (nSPS) is 19.9. The van der Waals surface area contributed by atoms with Gasteiger partial charge in [0.2, 0.25) is 5.91 Å². The van der Waals surface area contributed by atoms with Gasteiger partial charge in [-0.1, -0.05) is 12.2 Å². The summed E-state index contributed by atoms with van der Waals surface area (Å²) >= 11 is 0. The van der Waals surface area contributed by atoms with Crippen LogP contribution in [0.15, 0.2) is 41.5 Å². The molecule has 1 saturated heterocycles. The highest BCUT2D eigenvalue weighted by Gasteiger charge is 2.27. The zero-order chi connectivity index (χ0) is 20.4. The van der Waals surface area contributed by atoms with E-state index in [2.05, 4.69) is 22.0 Å². The molecule has 1 aliphatic carbocycles. The number of fused-ring (bicyclic) bond motifs is 1. The summed E-state index contributed by atoms with van der Waals surface area (Å²) < 4.78 is 26.1. The van der Waals surface area contributed by atoms with Gasteiger partial charge in [-0.15, -0.1) is 0 Å². The number of hydrogen-bond acceptors (Lipinski definition) is 4. The molecule has 1 aromatic heterocycles. The van der Waals surface area contributed by atoms with Crippen molar-refractivity contribution in [2.24, 2.45) is 5.92 Å². The first-order chi connectivity index (χ1) is 14.0. The summed E-state index contributed by atoms with van der Waals surface area (Å²) in [7, 11) is 0. The van der Waals surface area contributed by atoms with Gasteiger partial charge in [0.1, 0.15) is 0 Å². The third-order valence-corrected chi connectivity index (χ3v) is 5.72. The number of halogens is 2. The number of piperazine rings is 1. The Morgan fingerprint density at radius 2 is 1.97 bits per heavy atom. The Hall–Kier alpha value is -2.77. The average Bonchev–Trinajstić information content (AvgIpc) is 2.75. The van der Waals surface area contributed by atoms with Crippen molar-refractivity contribution in [1.82, 2.24) is 14.5 Å². The molecule has 1 fully saturated rings. The second-order valence-electron chi connectivity index (χ2n) is 7.59. The molecule has 1 atom stereocenters. The van der Waals surface area contributed by atoms with Crippen molar-refractivity contribution < 1.29 is 13.6 Å². The number of benzene rings is 1. The van der Waals surface area contributed by atoms with Crippen LogP contribution in [-0.2, 0) is 11.3 Å². The van der Waals surface area contributed by atoms with Gasteiger partial charge in [0.05, 0.1) is 23.8 Å². The van der Waals surface area contributed by atoms with Gasteiger partial charge in [-0.2, -0.15) is 0 Å². The Balaban J connectivity index is 1.45. The van der Waals surface area contributed by atoms with E-state index in [1.807, 2.05) is 17.0 Å². The zero-order valence-electron chi connectivity index (χ0n) is 16.1. The topological polar surface area (TPSA) is 58.4 Å². The molecule has 1 aromatic carbocycles. The molecule has 6 nitrogen and oxygen atoms in total. The van der Waals surface area contributed by atoms with E-state index in [0.29, 0.717) is 37.1 Å². The second kappa shape index (κ2) is 8.31. The number of rotatable bonds is 4. The van der Waals surface area contributed by atoms with Gasteiger partial charge in [0.15, 0.2) is 0 Å². The van der Waals surface area contributed by atoms with Crippen molar-refractivity contribution in [2.45, 2.75) is 32.2 Å². The van der Waals surface area contributed by atoms with Gasteiger partial charge in [0, 0.05) is 37.8 Å². The summed E-state index contributed by atoms with van der Waals surface area (Å²) in [5.41, 5.74) is 0.952. The molecule has 8 heteroatoms. The lowest BCUT2D eigenvalue weighted by atomic mass is 9.93. The Morgan fingerprint density at radius 1 is 1.17 bits per heavy atom. The molecule has 0 spiro atoms. The van der Waals surface area contributed by atoms with Crippen molar-refractivity contribution in [1.29, 1.82) is 0 Å². The summed E-state index contributed by atoms with van der Waals surface area (Å²) in [5.74, 6) is 0.348. The van der Waals surface area contributed by atoms with Gasteiger partial charge in [-0.25, -0.2) is 13.8 Å². The van der Waals surface area contributed by atoms with Crippen LogP contribution in [0.5, 0.6) is 0 Å². The molecule has 1 unspecified atom stereocenters. The molecule has 0 N–H and O–H groups in total. The Bertz CT molecular complexity index is 980. The predicted molar refractivity (Wildman–Crippen MR) is 107 cm³/mol. The van der Waals surface area contributed by atoms with Crippen LogP contribution in [0.2, 0.25) is 0 Å². The van der Waals surface area contributed by atoms with E-state index in [4.69, 9.17) is 0 Å². The number of allylic oxidation sites excluding steroid dienone is 2. The molecule has 2 aliphatic rings. The highest BCUT2D eigenvalue weighted by Crippen LogP contribution is 2.24. The van der Waals surface area contributed by atoms with Crippen molar-refractivity contribution >= 4 is 22.5 Å². The van der Waals surface area contributed by atoms with Crippen LogP contribution >= 0.6 is 0 Å². The maximum absolute atomic E-state index is 12.7. The minimum Gasteiger partial charge on any atom is -0.368 e. The summed E-state index contributed by atoms with van der Waals surface area (Å²) in [6.07, 6.45) is 5.54. The fourth-order valence-electron chi connectivity index (χ4n) is 4.08. The fraction of sp³-hybridized carbons (Fsp3) is 0.476. The summed E-state index contributed by atoms with van der Waals surface area (Å²) in [6.45, 7) is 2.10. The van der Waals surface area contributed by atoms with E-state index in [1.54, 1.807) is 6.07 Å². The molecule has 2 heterocycles. The highest BCUT2D eigenvalue weighted by atomic mass is 19.3. The van der Waals surface area contributed by atoms with Gasteiger partial charge >= 0.3 is 0 Å². The third kappa shape index (κ3) is 4.16. The van der Waals surface area contributed by atoms with Crippen LogP contribution < -0.4 is 10.5 Å². The molecule has 2 aromatic rings. The van der Waals surface area contributed by atoms with Gasteiger partial charge in [0.25, 0.3) is 12.0 Å². The second-order valence-corrected chi connectivity index (χ2v) is 7.59. The van der Waals surface area contributed by atoms with E-state index in [1.165, 1.54) is 6.33 Å². The van der Waals surface area contributed by atoms with Crippen LogP contribution in [0, 0.1) is 5.92 Å². The number of carbonyl (C=O) groups excluding carboxylic acids is 1. The monoisotopic (exact) mass is 402 g/mol. The number of nitrogens with zero attached hydrogens (tertiary/aromatic N) is 4. The molecular formula is C21H24F2N4O2. The molecule has 1 aliphatic heterocycles. The third-order valence-electron chi connectivity index (χ3n) is 5.72.